The third-order valence-electron chi connectivity index (χ3n) is 4.79. The van der Waals surface area contributed by atoms with Gasteiger partial charge in [-0.15, -0.1) is 10.2 Å². The Balaban J connectivity index is 1.65. The maximum absolute atomic E-state index is 6.27. The third kappa shape index (κ3) is 4.75. The Morgan fingerprint density at radius 1 is 1.10 bits per heavy atom. The predicted octanol–water partition coefficient (Wildman–Crippen LogP) is 4.02. The Morgan fingerprint density at radius 3 is 2.72 bits per heavy atom. The minimum atomic E-state index is 0.673. The first-order valence-corrected chi connectivity index (χ1v) is 10.9. The van der Waals surface area contributed by atoms with Crippen molar-refractivity contribution >= 4 is 23.4 Å². The third-order valence-corrected chi connectivity index (χ3v) is 5.93. The minimum Gasteiger partial charge on any atom is -0.496 e. The molecule has 4 rings (SSSR count). The van der Waals surface area contributed by atoms with Crippen molar-refractivity contribution in [1.29, 1.82) is 0 Å². The number of aromatic nitrogens is 3. The van der Waals surface area contributed by atoms with E-state index >= 15 is 0 Å². The Kier molecular flexibility index (Phi) is 6.71. The zero-order chi connectivity index (χ0) is 20.1. The molecule has 2 aromatic carbocycles. The van der Waals surface area contributed by atoms with Gasteiger partial charge in [-0.25, -0.2) is 0 Å². The van der Waals surface area contributed by atoms with Crippen LogP contribution >= 0.6 is 23.4 Å². The van der Waals surface area contributed by atoms with Gasteiger partial charge in [-0.05, 0) is 30.3 Å². The van der Waals surface area contributed by atoms with Crippen LogP contribution in [0.2, 0.25) is 5.02 Å². The first-order chi connectivity index (χ1) is 14.3. The summed E-state index contributed by atoms with van der Waals surface area (Å²) in [7, 11) is 1.66. The van der Waals surface area contributed by atoms with Gasteiger partial charge in [-0.1, -0.05) is 41.6 Å². The zero-order valence-corrected chi connectivity index (χ0v) is 17.8. The molecule has 0 atom stereocenters. The topological polar surface area (TPSA) is 52.4 Å². The van der Waals surface area contributed by atoms with E-state index in [0.717, 1.165) is 66.6 Å². The number of hydrogen-bond acceptors (Lipinski definition) is 6. The van der Waals surface area contributed by atoms with Crippen LogP contribution in [-0.2, 0) is 4.74 Å². The van der Waals surface area contributed by atoms with Crippen molar-refractivity contribution in [3.63, 3.8) is 0 Å². The van der Waals surface area contributed by atoms with Gasteiger partial charge in [0.1, 0.15) is 5.75 Å². The van der Waals surface area contributed by atoms with Crippen molar-refractivity contribution in [2.45, 2.75) is 5.16 Å². The molecular weight excluding hydrogens is 408 g/mol. The van der Waals surface area contributed by atoms with Gasteiger partial charge in [-0.2, -0.15) is 0 Å². The average molecular weight is 431 g/mol. The Morgan fingerprint density at radius 2 is 1.93 bits per heavy atom. The van der Waals surface area contributed by atoms with Crippen LogP contribution < -0.4 is 4.74 Å². The highest BCUT2D eigenvalue weighted by molar-refractivity contribution is 7.99. The molecule has 0 bridgehead atoms. The normalized spacial score (nSPS) is 14.8. The molecule has 8 heteroatoms. The fourth-order valence-corrected chi connectivity index (χ4v) is 4.44. The molecule has 0 N–H and O–H groups in total. The van der Waals surface area contributed by atoms with E-state index < -0.39 is 0 Å². The fraction of sp³-hybridized carbons (Fsp3) is 0.333. The van der Waals surface area contributed by atoms with Gasteiger partial charge >= 0.3 is 0 Å². The van der Waals surface area contributed by atoms with E-state index in [1.807, 2.05) is 53.1 Å². The van der Waals surface area contributed by atoms with E-state index in [9.17, 15) is 0 Å². The summed E-state index contributed by atoms with van der Waals surface area (Å²) >= 11 is 7.97. The van der Waals surface area contributed by atoms with Gasteiger partial charge in [0.2, 0.25) is 0 Å². The highest BCUT2D eigenvalue weighted by Crippen LogP contribution is 2.33. The summed E-state index contributed by atoms with van der Waals surface area (Å²) in [6, 6.07) is 15.6. The monoisotopic (exact) mass is 430 g/mol. The number of rotatable bonds is 7. The Hall–Kier alpha value is -2.06. The molecule has 2 heterocycles. The number of halogens is 1. The van der Waals surface area contributed by atoms with Gasteiger partial charge in [0.15, 0.2) is 11.0 Å². The van der Waals surface area contributed by atoms with E-state index in [2.05, 4.69) is 15.1 Å². The van der Waals surface area contributed by atoms with Gasteiger partial charge < -0.3 is 9.47 Å². The number of methoxy groups -OCH3 is 1. The highest BCUT2D eigenvalue weighted by atomic mass is 35.5. The van der Waals surface area contributed by atoms with Crippen LogP contribution in [0.15, 0.2) is 53.7 Å². The predicted molar refractivity (Wildman–Crippen MR) is 116 cm³/mol. The van der Waals surface area contributed by atoms with Crippen LogP contribution in [0.4, 0.5) is 0 Å². The number of para-hydroxylation sites is 1. The van der Waals surface area contributed by atoms with Crippen LogP contribution in [0.1, 0.15) is 0 Å². The van der Waals surface area contributed by atoms with E-state index in [-0.39, 0.29) is 0 Å². The van der Waals surface area contributed by atoms with Crippen molar-refractivity contribution in [3.05, 3.63) is 53.6 Å². The molecule has 0 saturated carbocycles. The van der Waals surface area contributed by atoms with Crippen LogP contribution in [0.5, 0.6) is 5.75 Å². The molecule has 0 aliphatic carbocycles. The highest BCUT2D eigenvalue weighted by Gasteiger charge is 2.19. The Bertz CT molecular complexity index is 959. The summed E-state index contributed by atoms with van der Waals surface area (Å²) in [5.41, 5.74) is 1.82. The second kappa shape index (κ2) is 9.63. The van der Waals surface area contributed by atoms with Crippen molar-refractivity contribution in [2.75, 3.05) is 45.7 Å². The van der Waals surface area contributed by atoms with E-state index in [4.69, 9.17) is 21.1 Å². The lowest BCUT2D eigenvalue weighted by molar-refractivity contribution is 0.0410. The largest absolute Gasteiger partial charge is 0.496 e. The first-order valence-electron chi connectivity index (χ1n) is 9.54. The van der Waals surface area contributed by atoms with E-state index in [1.165, 1.54) is 0 Å². The standard InChI is InChI=1S/C21H23ClN4O2S/c1-27-19-8-3-2-7-18(19)20-23-24-21(26(20)17-6-4-5-16(22)15-17)29-14-11-25-9-12-28-13-10-25/h2-8,15H,9-14H2,1H3. The summed E-state index contributed by atoms with van der Waals surface area (Å²) < 4.78 is 13.0. The van der Waals surface area contributed by atoms with Crippen LogP contribution in [0.3, 0.4) is 0 Å². The zero-order valence-electron chi connectivity index (χ0n) is 16.3. The molecule has 1 aromatic heterocycles. The average Bonchev–Trinajstić information content (AvgIpc) is 3.18. The quantitative estimate of drug-likeness (QED) is 0.528. The number of thioether (sulfide) groups is 1. The lowest BCUT2D eigenvalue weighted by atomic mass is 10.2. The van der Waals surface area contributed by atoms with Crippen LogP contribution in [-0.4, -0.2) is 65.4 Å². The van der Waals surface area contributed by atoms with Gasteiger partial charge in [-0.3, -0.25) is 9.47 Å². The maximum atomic E-state index is 6.27. The molecule has 0 spiro atoms. The molecule has 0 amide bonds. The fourth-order valence-electron chi connectivity index (χ4n) is 3.31. The Labute approximate surface area is 179 Å². The van der Waals surface area contributed by atoms with E-state index in [0.29, 0.717) is 5.02 Å². The smallest absolute Gasteiger partial charge is 0.196 e. The summed E-state index contributed by atoms with van der Waals surface area (Å²) in [6.45, 7) is 4.56. The molecule has 1 aliphatic heterocycles. The molecule has 1 aliphatic rings. The molecule has 29 heavy (non-hydrogen) atoms. The molecule has 3 aromatic rings. The van der Waals surface area contributed by atoms with Crippen LogP contribution in [0, 0.1) is 0 Å². The molecule has 1 saturated heterocycles. The summed E-state index contributed by atoms with van der Waals surface area (Å²) in [6.07, 6.45) is 0. The molecule has 6 nitrogen and oxygen atoms in total. The van der Waals surface area contributed by atoms with Gasteiger partial charge in [0.25, 0.3) is 0 Å². The van der Waals surface area contributed by atoms with Crippen molar-refractivity contribution in [1.82, 2.24) is 19.7 Å². The molecule has 152 valence electrons. The lowest BCUT2D eigenvalue weighted by Gasteiger charge is -2.26. The molecular formula is C21H23ClN4O2S. The van der Waals surface area contributed by atoms with Gasteiger partial charge in [0, 0.05) is 30.4 Å². The van der Waals surface area contributed by atoms with Gasteiger partial charge in [0.05, 0.1) is 31.6 Å². The summed E-state index contributed by atoms with van der Waals surface area (Å²) in [5.74, 6) is 2.41. The van der Waals surface area contributed by atoms with E-state index in [1.54, 1.807) is 18.9 Å². The van der Waals surface area contributed by atoms with Crippen molar-refractivity contribution in [2.24, 2.45) is 0 Å². The number of morpholine rings is 1. The molecule has 1 fully saturated rings. The molecule has 0 radical (unpaired) electrons. The number of hydrogen-bond donors (Lipinski definition) is 0. The SMILES string of the molecule is COc1ccccc1-c1nnc(SCCN2CCOCC2)n1-c1cccc(Cl)c1. The summed E-state index contributed by atoms with van der Waals surface area (Å²) in [5, 5.41) is 10.5. The van der Waals surface area contributed by atoms with Crippen molar-refractivity contribution < 1.29 is 9.47 Å². The first kappa shape index (κ1) is 20.2. The number of benzene rings is 2. The second-order valence-electron chi connectivity index (χ2n) is 6.62. The number of ether oxygens (including phenoxy) is 2. The minimum absolute atomic E-state index is 0.673. The summed E-state index contributed by atoms with van der Waals surface area (Å²) in [4.78, 5) is 2.41. The van der Waals surface area contributed by atoms with Crippen molar-refractivity contribution in [3.8, 4) is 22.8 Å². The van der Waals surface area contributed by atoms with Crippen LogP contribution in [0.25, 0.3) is 17.1 Å². The maximum Gasteiger partial charge on any atom is 0.196 e. The number of nitrogens with zero attached hydrogens (tertiary/aromatic N) is 4. The molecule has 0 unspecified atom stereocenters. The lowest BCUT2D eigenvalue weighted by Crippen LogP contribution is -2.37. The second-order valence-corrected chi connectivity index (χ2v) is 8.12.